The Balaban J connectivity index is 1.61. The molecule has 0 spiro atoms. The largest absolute Gasteiger partial charge is 0.490 e. The number of aryl methyl sites for hydroxylation is 1. The zero-order chi connectivity index (χ0) is 28.0. The van der Waals surface area contributed by atoms with Gasteiger partial charge in [-0.2, -0.15) is 5.10 Å². The average molecular weight is 575 g/mol. The zero-order valence-corrected chi connectivity index (χ0v) is 24.9. The smallest absolute Gasteiger partial charge is 0.204 e. The molecule has 0 radical (unpaired) electrons. The molecule has 0 atom stereocenters. The lowest BCUT2D eigenvalue weighted by Crippen LogP contribution is -2.48. The van der Waals surface area contributed by atoms with Crippen molar-refractivity contribution in [3.8, 4) is 5.75 Å². The van der Waals surface area contributed by atoms with Crippen LogP contribution in [0.1, 0.15) is 19.0 Å². The maximum atomic E-state index is 12.4. The van der Waals surface area contributed by atoms with Crippen LogP contribution < -0.4 is 15.0 Å². The van der Waals surface area contributed by atoms with Crippen LogP contribution in [-0.2, 0) is 9.84 Å². The van der Waals surface area contributed by atoms with Crippen molar-refractivity contribution in [1.82, 2.24) is 30.0 Å². The summed E-state index contributed by atoms with van der Waals surface area (Å²) in [6.07, 6.45) is 0.580. The number of nitrogens with one attached hydrogen (secondary N) is 2. The van der Waals surface area contributed by atoms with Gasteiger partial charge in [-0.25, -0.2) is 18.4 Å². The number of hydrogen-bond donors (Lipinski definition) is 2. The fraction of sp³-hybridized carbons (Fsp3) is 0.500. The predicted molar refractivity (Wildman–Crippen MR) is 155 cm³/mol. The number of rotatable bonds is 12. The number of aromatic nitrogens is 4. The maximum Gasteiger partial charge on any atom is 0.204 e. The molecule has 0 bridgehead atoms. The Hall–Kier alpha value is -2.87. The zero-order valence-electron chi connectivity index (χ0n) is 23.3. The summed E-state index contributed by atoms with van der Waals surface area (Å²) in [4.78, 5) is 17.7. The van der Waals surface area contributed by atoms with Gasteiger partial charge in [-0.3, -0.25) is 10.00 Å². The van der Waals surface area contributed by atoms with Crippen molar-refractivity contribution in [1.29, 1.82) is 0 Å². The molecule has 2 N–H and O–H groups in total. The van der Waals surface area contributed by atoms with E-state index in [4.69, 9.17) is 14.7 Å². The highest BCUT2D eigenvalue weighted by Crippen LogP contribution is 2.38. The van der Waals surface area contributed by atoms with Crippen LogP contribution in [0.3, 0.4) is 0 Å². The summed E-state index contributed by atoms with van der Waals surface area (Å²) < 4.78 is 30.7. The second kappa shape index (κ2) is 13.0. The molecule has 3 aromatic rings. The van der Waals surface area contributed by atoms with Crippen LogP contribution in [-0.4, -0.2) is 105 Å². The van der Waals surface area contributed by atoms with Crippen LogP contribution in [0.2, 0.25) is 0 Å². The van der Waals surface area contributed by atoms with E-state index in [0.717, 1.165) is 55.7 Å². The van der Waals surface area contributed by atoms with Crippen molar-refractivity contribution in [2.45, 2.75) is 35.2 Å². The van der Waals surface area contributed by atoms with Crippen molar-refractivity contribution in [3.05, 3.63) is 36.0 Å². The summed E-state index contributed by atoms with van der Waals surface area (Å²) in [5, 5.41) is 11.0. The molecule has 2 aromatic heterocycles. The number of piperazine rings is 1. The molecule has 1 saturated heterocycles. The van der Waals surface area contributed by atoms with Gasteiger partial charge in [0.25, 0.3) is 0 Å². The van der Waals surface area contributed by atoms with Gasteiger partial charge in [0.15, 0.2) is 32.4 Å². The van der Waals surface area contributed by atoms with E-state index in [1.54, 1.807) is 31.4 Å². The van der Waals surface area contributed by atoms with Gasteiger partial charge in [-0.1, -0.05) is 6.92 Å². The molecule has 1 aliphatic rings. The number of methoxy groups -OCH3 is 1. The van der Waals surface area contributed by atoms with Gasteiger partial charge in [0, 0.05) is 55.9 Å². The Morgan fingerprint density at radius 2 is 1.85 bits per heavy atom. The van der Waals surface area contributed by atoms with E-state index in [1.807, 2.05) is 19.9 Å². The second-order valence-corrected chi connectivity index (χ2v) is 12.9. The minimum Gasteiger partial charge on any atom is -0.490 e. The first-order chi connectivity index (χ1) is 18.7. The summed E-state index contributed by atoms with van der Waals surface area (Å²) in [5.41, 5.74) is 0.923. The molecule has 212 valence electrons. The summed E-state index contributed by atoms with van der Waals surface area (Å²) in [7, 11) is 2.53. The lowest BCUT2D eigenvalue weighted by Gasteiger charge is -2.36. The van der Waals surface area contributed by atoms with Crippen LogP contribution >= 0.6 is 11.8 Å². The van der Waals surface area contributed by atoms with Gasteiger partial charge in [-0.15, -0.1) is 0 Å². The van der Waals surface area contributed by atoms with Crippen molar-refractivity contribution in [2.75, 3.05) is 76.4 Å². The number of ether oxygens (including phenoxy) is 1. The van der Waals surface area contributed by atoms with Gasteiger partial charge >= 0.3 is 0 Å². The van der Waals surface area contributed by atoms with Crippen molar-refractivity contribution >= 4 is 39.1 Å². The lowest BCUT2D eigenvalue weighted by molar-refractivity contribution is 0.228. The highest BCUT2D eigenvalue weighted by Gasteiger charge is 2.25. The Morgan fingerprint density at radius 3 is 2.44 bits per heavy atom. The fourth-order valence-electron chi connectivity index (χ4n) is 4.29. The molecule has 0 unspecified atom stereocenters. The predicted octanol–water partition coefficient (Wildman–Crippen LogP) is 3.28. The quantitative estimate of drug-likeness (QED) is 0.310. The Bertz CT molecular complexity index is 1340. The SMILES string of the molecule is CCCS(=O)(=O)c1ccc(Sc2nc(Nc3cc(C)[nH]n3)c(OC)c(N3CCN(CCN(C)C)CC3)n2)cc1. The third kappa shape index (κ3) is 7.62. The molecule has 13 heteroatoms. The molecular weight excluding hydrogens is 536 g/mol. The van der Waals surface area contributed by atoms with Crippen LogP contribution in [0.15, 0.2) is 45.3 Å². The number of nitrogens with zero attached hydrogens (tertiary/aromatic N) is 6. The highest BCUT2D eigenvalue weighted by atomic mass is 32.2. The summed E-state index contributed by atoms with van der Waals surface area (Å²) in [5.74, 6) is 2.56. The summed E-state index contributed by atoms with van der Waals surface area (Å²) >= 11 is 1.38. The minimum absolute atomic E-state index is 0.133. The monoisotopic (exact) mass is 574 g/mol. The second-order valence-electron chi connectivity index (χ2n) is 9.80. The number of benzene rings is 1. The van der Waals surface area contributed by atoms with Crippen LogP contribution in [0.5, 0.6) is 5.75 Å². The van der Waals surface area contributed by atoms with Crippen molar-refractivity contribution in [3.63, 3.8) is 0 Å². The molecule has 0 saturated carbocycles. The molecule has 4 rings (SSSR count). The fourth-order valence-corrected chi connectivity index (χ4v) is 6.36. The van der Waals surface area contributed by atoms with E-state index in [9.17, 15) is 8.42 Å². The Morgan fingerprint density at radius 1 is 1.13 bits per heavy atom. The first-order valence-corrected chi connectivity index (χ1v) is 15.5. The van der Waals surface area contributed by atoms with Crippen LogP contribution in [0.25, 0.3) is 0 Å². The molecular formula is C26H38N8O3S2. The van der Waals surface area contributed by atoms with Gasteiger partial charge in [0.2, 0.25) is 5.75 Å². The van der Waals surface area contributed by atoms with Gasteiger partial charge in [0.05, 0.1) is 17.8 Å². The number of sulfone groups is 1. The number of aromatic amines is 1. The van der Waals surface area contributed by atoms with E-state index in [0.29, 0.717) is 33.9 Å². The summed E-state index contributed by atoms with van der Waals surface area (Å²) in [6.45, 7) is 9.33. The number of H-pyrrole nitrogens is 1. The van der Waals surface area contributed by atoms with Gasteiger partial charge in [0.1, 0.15) is 0 Å². The van der Waals surface area contributed by atoms with E-state index in [2.05, 4.69) is 44.3 Å². The summed E-state index contributed by atoms with van der Waals surface area (Å²) in [6, 6.07) is 8.79. The standard InChI is InChI=1S/C26H38N8O3S2/c1-6-17-39(35,36)21-9-7-20(8-10-21)38-26-28-24(27-22-18-19(2)30-31-22)23(37-5)25(29-26)34-15-13-33(14-16-34)12-11-32(3)4/h7-10,18H,6,11-17H2,1-5H3,(H2,27,28,29,30,31). The first kappa shape index (κ1) is 29.1. The third-order valence-electron chi connectivity index (χ3n) is 6.38. The van der Waals surface area contributed by atoms with E-state index >= 15 is 0 Å². The molecule has 1 aliphatic heterocycles. The van der Waals surface area contributed by atoms with Gasteiger partial charge in [-0.05, 0) is 63.5 Å². The minimum atomic E-state index is -3.27. The van der Waals surface area contributed by atoms with Crippen LogP contribution in [0.4, 0.5) is 17.5 Å². The van der Waals surface area contributed by atoms with Crippen LogP contribution in [0, 0.1) is 6.92 Å². The van der Waals surface area contributed by atoms with E-state index in [1.165, 1.54) is 11.8 Å². The molecule has 0 aliphatic carbocycles. The molecule has 11 nitrogen and oxygen atoms in total. The van der Waals surface area contributed by atoms with Gasteiger partial charge < -0.3 is 19.9 Å². The normalized spacial score (nSPS) is 14.7. The topological polar surface area (TPSA) is 120 Å². The molecule has 39 heavy (non-hydrogen) atoms. The highest BCUT2D eigenvalue weighted by molar-refractivity contribution is 7.99. The average Bonchev–Trinajstić information content (AvgIpc) is 3.32. The first-order valence-electron chi connectivity index (χ1n) is 13.1. The molecule has 1 aromatic carbocycles. The molecule has 3 heterocycles. The molecule has 0 amide bonds. The number of likely N-dealkylation sites (N-methyl/N-ethyl adjacent to an activating group) is 1. The third-order valence-corrected chi connectivity index (χ3v) is 9.19. The van der Waals surface area contributed by atoms with Crippen molar-refractivity contribution < 1.29 is 13.2 Å². The number of anilines is 3. The lowest BCUT2D eigenvalue weighted by atomic mass is 10.3. The Kier molecular flexibility index (Phi) is 9.70. The maximum absolute atomic E-state index is 12.4. The van der Waals surface area contributed by atoms with E-state index in [-0.39, 0.29) is 5.75 Å². The van der Waals surface area contributed by atoms with E-state index < -0.39 is 9.84 Å². The van der Waals surface area contributed by atoms with Crippen molar-refractivity contribution in [2.24, 2.45) is 0 Å². The molecule has 1 fully saturated rings. The number of hydrogen-bond acceptors (Lipinski definition) is 11. The Labute approximate surface area is 235 Å².